The van der Waals surface area contributed by atoms with Crippen LogP contribution >= 0.6 is 0 Å². The van der Waals surface area contributed by atoms with E-state index in [0.717, 1.165) is 12.1 Å². The number of rotatable bonds is 4. The molecule has 0 saturated carbocycles. The number of anilines is 3. The molecule has 1 heterocycles. The summed E-state index contributed by atoms with van der Waals surface area (Å²) in [5.41, 5.74) is 8.05. The molecule has 0 bridgehead atoms. The van der Waals surface area contributed by atoms with Gasteiger partial charge in [0.05, 0.1) is 17.4 Å². The van der Waals surface area contributed by atoms with Gasteiger partial charge in [0.1, 0.15) is 5.82 Å². The first-order valence-corrected chi connectivity index (χ1v) is 5.95. The van der Waals surface area contributed by atoms with Crippen LogP contribution in [0.1, 0.15) is 22.8 Å². The maximum absolute atomic E-state index is 11.1. The van der Waals surface area contributed by atoms with Gasteiger partial charge >= 0.3 is 5.97 Å². The van der Waals surface area contributed by atoms with E-state index in [0.29, 0.717) is 5.69 Å². The van der Waals surface area contributed by atoms with Gasteiger partial charge in [-0.2, -0.15) is 0 Å². The first-order valence-electron chi connectivity index (χ1n) is 5.95. The van der Waals surface area contributed by atoms with Crippen LogP contribution in [0, 0.1) is 0 Å². The van der Waals surface area contributed by atoms with E-state index in [2.05, 4.69) is 17.2 Å². The molecule has 2 aromatic rings. The van der Waals surface area contributed by atoms with Crippen molar-refractivity contribution in [3.05, 3.63) is 47.7 Å². The van der Waals surface area contributed by atoms with Crippen LogP contribution in [0.4, 0.5) is 17.2 Å². The molecular weight excluding hydrogens is 242 g/mol. The number of carboxylic acid groups (broad SMARTS) is 1. The highest BCUT2D eigenvalue weighted by molar-refractivity contribution is 5.95. The Kier molecular flexibility index (Phi) is 3.66. The second kappa shape index (κ2) is 5.39. The summed E-state index contributed by atoms with van der Waals surface area (Å²) in [6, 6.07) is 9.13. The Morgan fingerprint density at radius 3 is 2.63 bits per heavy atom. The number of nitrogens with one attached hydrogen (secondary N) is 1. The fourth-order valence-electron chi connectivity index (χ4n) is 1.73. The number of nitrogens with two attached hydrogens (primary N) is 1. The molecule has 1 aromatic heterocycles. The number of aromatic carboxylic acids is 1. The molecular formula is C14H15N3O2. The summed E-state index contributed by atoms with van der Waals surface area (Å²) in [5.74, 6) is -0.856. The lowest BCUT2D eigenvalue weighted by Crippen LogP contribution is -2.05. The summed E-state index contributed by atoms with van der Waals surface area (Å²) in [7, 11) is 0. The Balaban J connectivity index is 2.29. The van der Waals surface area contributed by atoms with Gasteiger partial charge in [-0.15, -0.1) is 0 Å². The number of aromatic nitrogens is 1. The van der Waals surface area contributed by atoms with Crippen LogP contribution in [-0.2, 0) is 6.42 Å². The van der Waals surface area contributed by atoms with Crippen LogP contribution in [0.5, 0.6) is 0 Å². The maximum Gasteiger partial charge on any atom is 0.338 e. The second-order valence-electron chi connectivity index (χ2n) is 4.14. The first kappa shape index (κ1) is 12.9. The lowest BCUT2D eigenvalue weighted by molar-refractivity contribution is 0.0698. The van der Waals surface area contributed by atoms with Gasteiger partial charge in [0.25, 0.3) is 0 Å². The lowest BCUT2D eigenvalue weighted by atomic mass is 10.1. The molecule has 2 rings (SSSR count). The number of benzene rings is 1. The molecule has 5 nitrogen and oxygen atoms in total. The molecule has 1 aromatic carbocycles. The number of hydrogen-bond donors (Lipinski definition) is 3. The number of carboxylic acids is 1. The van der Waals surface area contributed by atoms with Gasteiger partial charge < -0.3 is 16.2 Å². The van der Waals surface area contributed by atoms with Crippen LogP contribution < -0.4 is 11.1 Å². The SMILES string of the molecule is CCc1ccc(Nc2cnc(N)cc2C(=O)O)cc1. The molecule has 98 valence electrons. The number of nitrogen functional groups attached to an aromatic ring is 1. The molecule has 0 aliphatic heterocycles. The monoisotopic (exact) mass is 257 g/mol. The molecule has 0 unspecified atom stereocenters. The van der Waals surface area contributed by atoms with Crippen LogP contribution in [0.25, 0.3) is 0 Å². The Morgan fingerprint density at radius 1 is 1.37 bits per heavy atom. The molecule has 5 heteroatoms. The average Bonchev–Trinajstić information content (AvgIpc) is 2.41. The smallest absolute Gasteiger partial charge is 0.338 e. The fourth-order valence-corrected chi connectivity index (χ4v) is 1.73. The number of pyridine rings is 1. The molecule has 4 N–H and O–H groups in total. The highest BCUT2D eigenvalue weighted by Gasteiger charge is 2.11. The van der Waals surface area contributed by atoms with E-state index in [4.69, 9.17) is 10.8 Å². The van der Waals surface area contributed by atoms with Crippen LogP contribution in [-0.4, -0.2) is 16.1 Å². The first-order chi connectivity index (χ1) is 9.10. The Bertz CT molecular complexity index is 594. The highest BCUT2D eigenvalue weighted by Crippen LogP contribution is 2.22. The molecule has 0 saturated heterocycles. The quantitative estimate of drug-likeness (QED) is 0.783. The summed E-state index contributed by atoms with van der Waals surface area (Å²) in [6.45, 7) is 2.08. The zero-order chi connectivity index (χ0) is 13.8. The van der Waals surface area contributed by atoms with Crippen LogP contribution in [0.3, 0.4) is 0 Å². The van der Waals surface area contributed by atoms with Crippen molar-refractivity contribution in [1.82, 2.24) is 4.98 Å². The van der Waals surface area contributed by atoms with Crippen molar-refractivity contribution in [2.24, 2.45) is 0 Å². The third-order valence-electron chi connectivity index (χ3n) is 2.80. The molecule has 0 fully saturated rings. The molecule has 0 amide bonds. The minimum atomic E-state index is -1.04. The predicted octanol–water partition coefficient (Wildman–Crippen LogP) is 2.67. The summed E-state index contributed by atoms with van der Waals surface area (Å²) < 4.78 is 0. The Labute approximate surface area is 111 Å². The summed E-state index contributed by atoms with van der Waals surface area (Å²) in [6.07, 6.45) is 2.39. The van der Waals surface area contributed by atoms with E-state index in [1.54, 1.807) is 0 Å². The number of hydrogen-bond acceptors (Lipinski definition) is 4. The van der Waals surface area contributed by atoms with E-state index in [9.17, 15) is 4.79 Å². The van der Waals surface area contributed by atoms with Crippen molar-refractivity contribution in [1.29, 1.82) is 0 Å². The average molecular weight is 257 g/mol. The molecule has 19 heavy (non-hydrogen) atoms. The van der Waals surface area contributed by atoms with Crippen LogP contribution in [0.2, 0.25) is 0 Å². The molecule has 0 spiro atoms. The standard InChI is InChI=1S/C14H15N3O2/c1-2-9-3-5-10(6-4-9)17-12-8-16-13(15)7-11(12)14(18)19/h3-8,17H,2H2,1H3,(H2,15,16)(H,18,19). The minimum Gasteiger partial charge on any atom is -0.478 e. The van der Waals surface area contributed by atoms with Crippen LogP contribution in [0.15, 0.2) is 36.5 Å². The number of carbonyl (C=O) groups is 1. The largest absolute Gasteiger partial charge is 0.478 e. The summed E-state index contributed by atoms with van der Waals surface area (Å²) in [5, 5.41) is 12.2. The second-order valence-corrected chi connectivity index (χ2v) is 4.14. The Morgan fingerprint density at radius 2 is 2.05 bits per heavy atom. The third-order valence-corrected chi connectivity index (χ3v) is 2.80. The van der Waals surface area contributed by atoms with Crippen molar-refractivity contribution in [3.63, 3.8) is 0 Å². The van der Waals surface area contributed by atoms with Gasteiger partial charge in [-0.1, -0.05) is 19.1 Å². The Hall–Kier alpha value is -2.56. The zero-order valence-electron chi connectivity index (χ0n) is 10.6. The van der Waals surface area contributed by atoms with Crippen molar-refractivity contribution in [2.75, 3.05) is 11.1 Å². The van der Waals surface area contributed by atoms with Gasteiger partial charge in [0.15, 0.2) is 0 Å². The highest BCUT2D eigenvalue weighted by atomic mass is 16.4. The van der Waals surface area contributed by atoms with Crippen molar-refractivity contribution < 1.29 is 9.90 Å². The van der Waals surface area contributed by atoms with E-state index in [-0.39, 0.29) is 11.4 Å². The fraction of sp³-hybridized carbons (Fsp3) is 0.143. The van der Waals surface area contributed by atoms with Crippen molar-refractivity contribution >= 4 is 23.2 Å². The number of aryl methyl sites for hydroxylation is 1. The van der Waals surface area contributed by atoms with Crippen molar-refractivity contribution in [3.8, 4) is 0 Å². The van der Waals surface area contributed by atoms with Gasteiger partial charge in [-0.05, 0) is 30.2 Å². The molecule has 0 aliphatic carbocycles. The van der Waals surface area contributed by atoms with Gasteiger partial charge in [-0.25, -0.2) is 9.78 Å². The van der Waals surface area contributed by atoms with E-state index >= 15 is 0 Å². The molecule has 0 atom stereocenters. The predicted molar refractivity (Wildman–Crippen MR) is 74.7 cm³/mol. The van der Waals surface area contributed by atoms with E-state index < -0.39 is 5.97 Å². The summed E-state index contributed by atoms with van der Waals surface area (Å²) in [4.78, 5) is 15.0. The van der Waals surface area contributed by atoms with E-state index in [1.807, 2.05) is 24.3 Å². The van der Waals surface area contributed by atoms with Crippen molar-refractivity contribution in [2.45, 2.75) is 13.3 Å². The number of nitrogens with zero attached hydrogens (tertiary/aromatic N) is 1. The zero-order valence-corrected chi connectivity index (χ0v) is 10.6. The third kappa shape index (κ3) is 3.01. The normalized spacial score (nSPS) is 10.2. The summed E-state index contributed by atoms with van der Waals surface area (Å²) >= 11 is 0. The minimum absolute atomic E-state index is 0.104. The molecule has 0 aliphatic rings. The van der Waals surface area contributed by atoms with Gasteiger partial charge in [0, 0.05) is 5.69 Å². The maximum atomic E-state index is 11.1. The van der Waals surface area contributed by atoms with Gasteiger partial charge in [-0.3, -0.25) is 0 Å². The van der Waals surface area contributed by atoms with Gasteiger partial charge in [0.2, 0.25) is 0 Å². The molecule has 0 radical (unpaired) electrons. The topological polar surface area (TPSA) is 88.2 Å². The van der Waals surface area contributed by atoms with E-state index in [1.165, 1.54) is 17.8 Å². The lowest BCUT2D eigenvalue weighted by Gasteiger charge is -2.10.